The number of anilines is 2. The number of fused-ring (bicyclic) bond motifs is 2. The fourth-order valence-electron chi connectivity index (χ4n) is 6.53. The number of rotatable bonds is 3. The van der Waals surface area contributed by atoms with Crippen LogP contribution in [0.1, 0.15) is 93.8 Å². The minimum Gasteiger partial charge on any atom is -0.481 e. The number of carbonyl (C=O) groups excluding carboxylic acids is 1. The Morgan fingerprint density at radius 1 is 1.15 bits per heavy atom. The van der Waals surface area contributed by atoms with Crippen LogP contribution in [0.3, 0.4) is 0 Å². The Morgan fingerprint density at radius 2 is 1.88 bits per heavy atom. The van der Waals surface area contributed by atoms with Gasteiger partial charge in [0, 0.05) is 68.8 Å². The molecule has 0 aromatic carbocycles. The molecular weight excluding hydrogens is 520 g/mol. The number of piperidine rings is 1. The number of nitriles is 1. The first-order valence-electron chi connectivity index (χ1n) is 14.9. The summed E-state index contributed by atoms with van der Waals surface area (Å²) in [4.78, 5) is 26.2. The van der Waals surface area contributed by atoms with E-state index in [4.69, 9.17) is 19.2 Å². The molecule has 0 radical (unpaired) electrons. The molecule has 0 saturated carbocycles. The van der Waals surface area contributed by atoms with Gasteiger partial charge in [-0.1, -0.05) is 0 Å². The van der Waals surface area contributed by atoms with E-state index in [-0.39, 0.29) is 18.1 Å². The van der Waals surface area contributed by atoms with E-state index >= 15 is 0 Å². The number of hydrogen-bond acceptors (Lipinski definition) is 9. The van der Waals surface area contributed by atoms with Gasteiger partial charge in [-0.2, -0.15) is 5.26 Å². The van der Waals surface area contributed by atoms with E-state index in [0.717, 1.165) is 74.7 Å². The van der Waals surface area contributed by atoms with Gasteiger partial charge in [0.25, 0.3) is 0 Å². The Kier molecular flexibility index (Phi) is 7.51. The molecule has 10 heteroatoms. The van der Waals surface area contributed by atoms with E-state index in [0.29, 0.717) is 36.5 Å². The summed E-state index contributed by atoms with van der Waals surface area (Å²) in [6.45, 7) is 12.4. The highest BCUT2D eigenvalue weighted by Gasteiger charge is 2.38. The largest absolute Gasteiger partial charge is 0.481 e. The van der Waals surface area contributed by atoms with E-state index in [1.54, 1.807) is 0 Å². The number of aromatic nitrogens is 2. The zero-order chi connectivity index (χ0) is 28.7. The Bertz CT molecular complexity index is 1330. The summed E-state index contributed by atoms with van der Waals surface area (Å²) in [5, 5.41) is 13.6. The van der Waals surface area contributed by atoms with Crippen molar-refractivity contribution in [3.63, 3.8) is 0 Å². The maximum absolute atomic E-state index is 12.4. The molecule has 0 bridgehead atoms. The van der Waals surface area contributed by atoms with E-state index in [9.17, 15) is 10.1 Å². The van der Waals surface area contributed by atoms with E-state index in [2.05, 4.69) is 27.3 Å². The predicted octanol–water partition coefficient (Wildman–Crippen LogP) is 5.24. The van der Waals surface area contributed by atoms with Crippen LogP contribution in [0, 0.1) is 11.3 Å². The minimum atomic E-state index is -0.481. The van der Waals surface area contributed by atoms with Crippen LogP contribution in [0.2, 0.25) is 0 Å². The Morgan fingerprint density at radius 3 is 2.56 bits per heavy atom. The van der Waals surface area contributed by atoms with Gasteiger partial charge in [0.1, 0.15) is 23.6 Å². The third-order valence-electron chi connectivity index (χ3n) is 8.70. The highest BCUT2D eigenvalue weighted by molar-refractivity contribution is 5.72. The molecule has 3 saturated heterocycles. The predicted molar refractivity (Wildman–Crippen MR) is 153 cm³/mol. The van der Waals surface area contributed by atoms with Gasteiger partial charge in [0.05, 0.1) is 5.69 Å². The molecule has 4 aliphatic heterocycles. The van der Waals surface area contributed by atoms with Gasteiger partial charge in [-0.25, -0.2) is 14.8 Å². The average Bonchev–Trinajstić information content (AvgIpc) is 3.07. The number of carbonyl (C=O) groups is 1. The van der Waals surface area contributed by atoms with Crippen LogP contribution in [0.25, 0.3) is 0 Å². The lowest BCUT2D eigenvalue weighted by Crippen LogP contribution is -2.55. The summed E-state index contributed by atoms with van der Waals surface area (Å²) in [5.74, 6) is 1.91. The van der Waals surface area contributed by atoms with Crippen LogP contribution in [0.4, 0.5) is 16.3 Å². The van der Waals surface area contributed by atoms with Crippen molar-refractivity contribution >= 4 is 17.6 Å². The Balaban J connectivity index is 1.15. The van der Waals surface area contributed by atoms with Crippen LogP contribution < -0.4 is 10.1 Å². The molecule has 0 aliphatic carbocycles. The van der Waals surface area contributed by atoms with E-state index in [1.165, 1.54) is 5.56 Å². The van der Waals surface area contributed by atoms with Crippen LogP contribution >= 0.6 is 0 Å². The maximum Gasteiger partial charge on any atom is 0.410 e. The first kappa shape index (κ1) is 27.7. The smallest absolute Gasteiger partial charge is 0.410 e. The van der Waals surface area contributed by atoms with Crippen molar-refractivity contribution in [1.82, 2.24) is 19.8 Å². The van der Waals surface area contributed by atoms with Crippen molar-refractivity contribution in [1.29, 1.82) is 5.26 Å². The van der Waals surface area contributed by atoms with Crippen LogP contribution in [0.15, 0.2) is 18.3 Å². The first-order valence-corrected chi connectivity index (χ1v) is 14.9. The number of nitrogens with zero attached hydrogens (tertiary/aromatic N) is 5. The molecule has 1 unspecified atom stereocenters. The highest BCUT2D eigenvalue weighted by Crippen LogP contribution is 2.45. The van der Waals surface area contributed by atoms with Crippen molar-refractivity contribution in [2.75, 3.05) is 44.7 Å². The quantitative estimate of drug-likeness (QED) is 0.539. The monoisotopic (exact) mass is 560 g/mol. The maximum atomic E-state index is 12.4. The normalized spacial score (nSPS) is 22.3. The fourth-order valence-corrected chi connectivity index (χ4v) is 6.53. The second-order valence-electron chi connectivity index (χ2n) is 12.7. The lowest BCUT2D eigenvalue weighted by molar-refractivity contribution is 0.00566. The summed E-state index contributed by atoms with van der Waals surface area (Å²) < 4.78 is 17.6. The van der Waals surface area contributed by atoms with Crippen molar-refractivity contribution in [2.24, 2.45) is 0 Å². The summed E-state index contributed by atoms with van der Waals surface area (Å²) in [6, 6.07) is 6.85. The van der Waals surface area contributed by atoms with E-state index < -0.39 is 5.60 Å². The highest BCUT2D eigenvalue weighted by atomic mass is 16.6. The van der Waals surface area contributed by atoms with Crippen molar-refractivity contribution in [2.45, 2.75) is 83.0 Å². The number of hydrogen-bond donors (Lipinski definition) is 1. The van der Waals surface area contributed by atoms with Crippen LogP contribution in [0.5, 0.6) is 5.75 Å². The molecule has 1 N–H and O–H groups in total. The zero-order valence-corrected chi connectivity index (χ0v) is 24.5. The lowest BCUT2D eigenvalue weighted by Gasteiger charge is -2.47. The number of amides is 1. The van der Waals surface area contributed by atoms with Gasteiger partial charge >= 0.3 is 6.09 Å². The third kappa shape index (κ3) is 5.70. The van der Waals surface area contributed by atoms with Gasteiger partial charge in [0.15, 0.2) is 11.4 Å². The molecule has 6 rings (SSSR count). The second-order valence-corrected chi connectivity index (χ2v) is 12.7. The molecule has 6 heterocycles. The molecule has 3 fully saturated rings. The van der Waals surface area contributed by atoms with Crippen molar-refractivity contribution < 1.29 is 19.0 Å². The molecule has 1 atom stereocenters. The standard InChI is InChI=1S/C31H40N6O4/c1-19-27-23(20-8-13-39-14-9-20)5-10-33-29(27)35-25-15-24(34-26(16-32)28(25)40-19)21-17-37(18-21)22-6-11-36(12-7-22)30(38)41-31(2,3)4/h5,10,15,19-22H,6-9,11-14,17-18H2,1-4H3,(H,33,35). The van der Waals surface area contributed by atoms with Gasteiger partial charge in [-0.3, -0.25) is 4.90 Å². The number of ether oxygens (including phenoxy) is 3. The molecule has 2 aromatic heterocycles. The number of likely N-dealkylation sites (tertiary alicyclic amines) is 2. The van der Waals surface area contributed by atoms with Gasteiger partial charge in [-0.05, 0) is 77.0 Å². The zero-order valence-electron chi connectivity index (χ0n) is 24.5. The Labute approximate surface area is 242 Å². The topological polar surface area (TPSA) is 113 Å². The molecular formula is C31H40N6O4. The fraction of sp³-hybridized carbons (Fsp3) is 0.613. The van der Waals surface area contributed by atoms with Gasteiger partial charge in [0.2, 0.25) is 0 Å². The second kappa shape index (κ2) is 11.1. The summed E-state index contributed by atoms with van der Waals surface area (Å²) in [6.07, 6.45) is 5.18. The summed E-state index contributed by atoms with van der Waals surface area (Å²) >= 11 is 0. The number of pyridine rings is 2. The first-order chi connectivity index (χ1) is 19.7. The van der Waals surface area contributed by atoms with Gasteiger partial charge in [-0.15, -0.1) is 0 Å². The molecule has 4 aliphatic rings. The average molecular weight is 561 g/mol. The van der Waals surface area contributed by atoms with Crippen molar-refractivity contribution in [3.05, 3.63) is 40.8 Å². The van der Waals surface area contributed by atoms with E-state index in [1.807, 2.05) is 44.9 Å². The molecule has 0 spiro atoms. The van der Waals surface area contributed by atoms with Crippen molar-refractivity contribution in [3.8, 4) is 11.8 Å². The SMILES string of the molecule is CC1Oc2c(cc(C3CN(C4CCN(C(=O)OC(C)(C)C)CC4)C3)nc2C#N)Nc2nccc(C3CCOCC3)c21. The minimum absolute atomic E-state index is 0.226. The molecule has 2 aromatic rings. The van der Waals surface area contributed by atoms with Crippen LogP contribution in [-0.4, -0.2) is 76.9 Å². The van der Waals surface area contributed by atoms with Gasteiger partial charge < -0.3 is 24.4 Å². The Hall–Kier alpha value is -3.42. The third-order valence-corrected chi connectivity index (χ3v) is 8.70. The molecule has 1 amide bonds. The lowest BCUT2D eigenvalue weighted by atomic mass is 9.87. The molecule has 10 nitrogen and oxygen atoms in total. The molecule has 41 heavy (non-hydrogen) atoms. The van der Waals surface area contributed by atoms with Crippen LogP contribution in [-0.2, 0) is 9.47 Å². The molecule has 218 valence electrons. The summed E-state index contributed by atoms with van der Waals surface area (Å²) in [7, 11) is 0. The number of nitrogens with one attached hydrogen (secondary N) is 1. The summed E-state index contributed by atoms with van der Waals surface area (Å²) in [5.41, 5.74) is 3.76.